The smallest absolute Gasteiger partial charge is 0.153 e. The zero-order valence-electron chi connectivity index (χ0n) is 11.6. The van der Waals surface area contributed by atoms with Crippen LogP contribution in [0.4, 0.5) is 0 Å². The fourth-order valence-electron chi connectivity index (χ4n) is 2.17. The first-order valence-corrected chi connectivity index (χ1v) is 7.06. The van der Waals surface area contributed by atoms with Gasteiger partial charge in [0.25, 0.3) is 0 Å². The third-order valence-electron chi connectivity index (χ3n) is 3.15. The van der Waals surface area contributed by atoms with Gasteiger partial charge in [-0.15, -0.1) is 0 Å². The largest absolute Gasteiger partial charge is 0.314 e. The van der Waals surface area contributed by atoms with E-state index in [4.69, 9.17) is 11.6 Å². The molecule has 106 valence electrons. The van der Waals surface area contributed by atoms with Crippen LogP contribution >= 0.6 is 11.6 Å². The third kappa shape index (κ3) is 2.96. The number of nitrogens with zero attached hydrogens (tertiary/aromatic N) is 3. The second kappa shape index (κ2) is 6.08. The van der Waals surface area contributed by atoms with Crippen molar-refractivity contribution < 1.29 is 0 Å². The minimum absolute atomic E-state index is 0.719. The van der Waals surface area contributed by atoms with E-state index in [1.807, 2.05) is 54.2 Å². The molecule has 0 spiro atoms. The SMILES string of the molecule is CNCc1cc(-c2ccc(Cl)cc2)nn1-c1ccccn1. The van der Waals surface area contributed by atoms with Gasteiger partial charge in [-0.1, -0.05) is 29.8 Å². The molecule has 3 aromatic rings. The van der Waals surface area contributed by atoms with Crippen molar-refractivity contribution in [2.24, 2.45) is 0 Å². The fourth-order valence-corrected chi connectivity index (χ4v) is 2.29. The lowest BCUT2D eigenvalue weighted by molar-refractivity contribution is 0.719. The molecule has 2 heterocycles. The molecule has 5 heteroatoms. The highest BCUT2D eigenvalue weighted by atomic mass is 35.5. The molecule has 0 unspecified atom stereocenters. The molecule has 0 saturated heterocycles. The van der Waals surface area contributed by atoms with E-state index in [0.717, 1.165) is 34.3 Å². The molecule has 0 aliphatic carbocycles. The quantitative estimate of drug-likeness (QED) is 0.803. The van der Waals surface area contributed by atoms with E-state index in [0.29, 0.717) is 0 Å². The summed E-state index contributed by atoms with van der Waals surface area (Å²) in [6.07, 6.45) is 1.77. The first-order chi connectivity index (χ1) is 10.3. The molecule has 21 heavy (non-hydrogen) atoms. The Morgan fingerprint density at radius 2 is 1.95 bits per heavy atom. The fraction of sp³-hybridized carbons (Fsp3) is 0.125. The maximum atomic E-state index is 5.94. The molecular weight excluding hydrogens is 284 g/mol. The van der Waals surface area contributed by atoms with Crippen molar-refractivity contribution in [3.05, 3.63) is 65.4 Å². The van der Waals surface area contributed by atoms with E-state index in [9.17, 15) is 0 Å². The Labute approximate surface area is 128 Å². The van der Waals surface area contributed by atoms with Crippen LogP contribution in [0.5, 0.6) is 0 Å². The number of pyridine rings is 1. The lowest BCUT2D eigenvalue weighted by Gasteiger charge is -2.05. The van der Waals surface area contributed by atoms with Gasteiger partial charge in [-0.05, 0) is 37.4 Å². The zero-order valence-corrected chi connectivity index (χ0v) is 12.4. The summed E-state index contributed by atoms with van der Waals surface area (Å²) in [5.41, 5.74) is 3.00. The predicted octanol–water partition coefficient (Wildman–Crippen LogP) is 3.31. The molecule has 2 aromatic heterocycles. The average molecular weight is 299 g/mol. The second-order valence-corrected chi connectivity index (χ2v) is 5.09. The zero-order chi connectivity index (χ0) is 14.7. The van der Waals surface area contributed by atoms with E-state index in [1.165, 1.54) is 0 Å². The summed E-state index contributed by atoms with van der Waals surface area (Å²) in [6.45, 7) is 0.719. The molecule has 0 radical (unpaired) electrons. The van der Waals surface area contributed by atoms with Gasteiger partial charge in [0.15, 0.2) is 5.82 Å². The van der Waals surface area contributed by atoms with E-state index < -0.39 is 0 Å². The van der Waals surface area contributed by atoms with Crippen LogP contribution in [0.25, 0.3) is 17.1 Å². The molecular formula is C16H15ClN4. The van der Waals surface area contributed by atoms with Crippen LogP contribution in [-0.2, 0) is 6.54 Å². The molecule has 0 atom stereocenters. The Morgan fingerprint density at radius 3 is 2.62 bits per heavy atom. The van der Waals surface area contributed by atoms with Gasteiger partial charge < -0.3 is 5.32 Å². The van der Waals surface area contributed by atoms with Crippen molar-refractivity contribution in [1.29, 1.82) is 0 Å². The van der Waals surface area contributed by atoms with E-state index in [1.54, 1.807) is 6.20 Å². The van der Waals surface area contributed by atoms with Crippen molar-refractivity contribution in [2.45, 2.75) is 6.54 Å². The van der Waals surface area contributed by atoms with Gasteiger partial charge in [0.2, 0.25) is 0 Å². The van der Waals surface area contributed by atoms with Crippen LogP contribution in [-0.4, -0.2) is 21.8 Å². The molecule has 1 aromatic carbocycles. The van der Waals surface area contributed by atoms with Crippen LogP contribution in [0.15, 0.2) is 54.7 Å². The Balaban J connectivity index is 2.06. The first kappa shape index (κ1) is 13.8. The van der Waals surface area contributed by atoms with Gasteiger partial charge in [-0.3, -0.25) is 0 Å². The van der Waals surface area contributed by atoms with Crippen LogP contribution in [0.1, 0.15) is 5.69 Å². The summed E-state index contributed by atoms with van der Waals surface area (Å²) in [4.78, 5) is 4.36. The number of hydrogen-bond acceptors (Lipinski definition) is 3. The van der Waals surface area contributed by atoms with Crippen molar-refractivity contribution in [3.8, 4) is 17.1 Å². The van der Waals surface area contributed by atoms with Crippen LogP contribution in [0.2, 0.25) is 5.02 Å². The monoisotopic (exact) mass is 298 g/mol. The van der Waals surface area contributed by atoms with E-state index in [2.05, 4.69) is 21.5 Å². The Bertz CT molecular complexity index is 720. The van der Waals surface area contributed by atoms with Crippen LogP contribution in [0.3, 0.4) is 0 Å². The maximum Gasteiger partial charge on any atom is 0.153 e. The predicted molar refractivity (Wildman–Crippen MR) is 84.6 cm³/mol. The van der Waals surface area contributed by atoms with Gasteiger partial charge in [-0.25, -0.2) is 9.67 Å². The lowest BCUT2D eigenvalue weighted by Crippen LogP contribution is -2.11. The molecule has 0 bridgehead atoms. The number of rotatable bonds is 4. The number of benzene rings is 1. The summed E-state index contributed by atoms with van der Waals surface area (Å²) in [5, 5.41) is 8.55. The molecule has 0 amide bonds. The number of nitrogens with one attached hydrogen (secondary N) is 1. The lowest BCUT2D eigenvalue weighted by atomic mass is 10.1. The average Bonchev–Trinajstić information content (AvgIpc) is 2.93. The van der Waals surface area contributed by atoms with Crippen molar-refractivity contribution in [1.82, 2.24) is 20.1 Å². The number of hydrogen-bond donors (Lipinski definition) is 1. The molecule has 0 aliphatic heterocycles. The van der Waals surface area contributed by atoms with Crippen molar-refractivity contribution in [3.63, 3.8) is 0 Å². The second-order valence-electron chi connectivity index (χ2n) is 4.66. The molecule has 0 saturated carbocycles. The summed E-state index contributed by atoms with van der Waals surface area (Å²) >= 11 is 5.94. The maximum absolute atomic E-state index is 5.94. The normalized spacial score (nSPS) is 10.8. The van der Waals surface area contributed by atoms with Crippen LogP contribution in [0, 0.1) is 0 Å². The van der Waals surface area contributed by atoms with Crippen LogP contribution < -0.4 is 5.32 Å². The van der Waals surface area contributed by atoms with Gasteiger partial charge >= 0.3 is 0 Å². The van der Waals surface area contributed by atoms with Gasteiger partial charge in [0.1, 0.15) is 0 Å². The van der Waals surface area contributed by atoms with Gasteiger partial charge in [0, 0.05) is 23.3 Å². The number of halogens is 1. The number of aromatic nitrogens is 3. The Morgan fingerprint density at radius 1 is 1.14 bits per heavy atom. The minimum Gasteiger partial charge on any atom is -0.314 e. The van der Waals surface area contributed by atoms with Crippen molar-refractivity contribution in [2.75, 3.05) is 7.05 Å². The van der Waals surface area contributed by atoms with Gasteiger partial charge in [0.05, 0.1) is 11.4 Å². The summed E-state index contributed by atoms with van der Waals surface area (Å²) in [6, 6.07) is 15.5. The highest BCUT2D eigenvalue weighted by Crippen LogP contribution is 2.22. The molecule has 0 fully saturated rings. The molecule has 0 aliphatic rings. The minimum atomic E-state index is 0.719. The van der Waals surface area contributed by atoms with E-state index >= 15 is 0 Å². The summed E-state index contributed by atoms with van der Waals surface area (Å²) in [5.74, 6) is 0.808. The van der Waals surface area contributed by atoms with Crippen molar-refractivity contribution >= 4 is 11.6 Å². The molecule has 4 nitrogen and oxygen atoms in total. The Hall–Kier alpha value is -2.17. The van der Waals surface area contributed by atoms with E-state index in [-0.39, 0.29) is 0 Å². The summed E-state index contributed by atoms with van der Waals surface area (Å²) in [7, 11) is 1.91. The first-order valence-electron chi connectivity index (χ1n) is 6.69. The molecule has 1 N–H and O–H groups in total. The van der Waals surface area contributed by atoms with Gasteiger partial charge in [-0.2, -0.15) is 5.10 Å². The summed E-state index contributed by atoms with van der Waals surface area (Å²) < 4.78 is 1.86. The third-order valence-corrected chi connectivity index (χ3v) is 3.40. The highest BCUT2D eigenvalue weighted by molar-refractivity contribution is 6.30. The topological polar surface area (TPSA) is 42.7 Å². The Kier molecular flexibility index (Phi) is 3.99. The standard InChI is InChI=1S/C16H15ClN4/c1-18-11-14-10-15(12-5-7-13(17)8-6-12)20-21(14)16-4-2-3-9-19-16/h2-10,18H,11H2,1H3. The molecule has 3 rings (SSSR count). The highest BCUT2D eigenvalue weighted by Gasteiger charge is 2.11.